The van der Waals surface area contributed by atoms with Crippen LogP contribution in [-0.4, -0.2) is 41.7 Å². The van der Waals surface area contributed by atoms with E-state index in [1.54, 1.807) is 4.90 Å². The highest BCUT2D eigenvalue weighted by Gasteiger charge is 2.26. The van der Waals surface area contributed by atoms with E-state index in [1.807, 2.05) is 54.6 Å². The molecule has 1 amide bonds. The van der Waals surface area contributed by atoms with Crippen molar-refractivity contribution in [1.82, 2.24) is 9.88 Å². The van der Waals surface area contributed by atoms with Gasteiger partial charge >= 0.3 is 0 Å². The van der Waals surface area contributed by atoms with E-state index >= 15 is 0 Å². The summed E-state index contributed by atoms with van der Waals surface area (Å²) in [5.74, 6) is -0.0176. The van der Waals surface area contributed by atoms with E-state index in [0.29, 0.717) is 17.9 Å². The van der Waals surface area contributed by atoms with Crippen molar-refractivity contribution in [2.45, 2.75) is 19.3 Å². The lowest BCUT2D eigenvalue weighted by Crippen LogP contribution is -2.40. The average Bonchev–Trinajstić information content (AvgIpc) is 3.08. The van der Waals surface area contributed by atoms with Gasteiger partial charge in [-0.2, -0.15) is 0 Å². The number of nitrogens with zero attached hydrogens (tertiary/aromatic N) is 2. The maximum atomic E-state index is 13.4. The second kappa shape index (κ2) is 7.76. The summed E-state index contributed by atoms with van der Waals surface area (Å²) in [4.78, 5) is 32.2. The van der Waals surface area contributed by atoms with Gasteiger partial charge in [0.25, 0.3) is 0 Å². The van der Waals surface area contributed by atoms with Crippen molar-refractivity contribution in [1.29, 1.82) is 0 Å². The molecule has 4 rings (SSSR count). The number of likely N-dealkylation sites (tertiary alicyclic amines) is 1. The number of carbonyl (C=O) groups is 2. The molecule has 0 aliphatic carbocycles. The zero-order chi connectivity index (χ0) is 18.6. The molecule has 3 aromatic rings. The number of piperidine rings is 1. The van der Waals surface area contributed by atoms with Gasteiger partial charge in [-0.15, -0.1) is 0 Å². The molecule has 138 valence electrons. The summed E-state index contributed by atoms with van der Waals surface area (Å²) in [6.45, 7) is 2.25. The van der Waals surface area contributed by atoms with E-state index in [-0.39, 0.29) is 5.91 Å². The highest BCUT2D eigenvalue weighted by molar-refractivity contribution is 6.13. The van der Waals surface area contributed by atoms with Crippen LogP contribution in [0.25, 0.3) is 10.9 Å². The van der Waals surface area contributed by atoms with Crippen LogP contribution in [0.5, 0.6) is 0 Å². The summed E-state index contributed by atoms with van der Waals surface area (Å²) in [5, 5.41) is 0.871. The van der Waals surface area contributed by atoms with Gasteiger partial charge in [0.2, 0.25) is 5.91 Å². The van der Waals surface area contributed by atoms with Crippen molar-refractivity contribution in [2.24, 2.45) is 0 Å². The second-order valence-corrected chi connectivity index (χ2v) is 6.95. The van der Waals surface area contributed by atoms with Crippen molar-refractivity contribution in [3.63, 3.8) is 0 Å². The Morgan fingerprint density at radius 1 is 1.00 bits per heavy atom. The Hall–Kier alpha value is -2.92. The number of rotatable bonds is 5. The molecule has 0 unspecified atom stereocenters. The Labute approximate surface area is 158 Å². The van der Waals surface area contributed by atoms with E-state index in [9.17, 15) is 9.59 Å². The molecule has 1 fully saturated rings. The summed E-state index contributed by atoms with van der Waals surface area (Å²) in [5.41, 5.74) is 2.68. The molecular formula is C22H23N3O2. The molecule has 1 N–H and O–H groups in total. The largest absolute Gasteiger partial charge is 0.351 e. The third-order valence-electron chi connectivity index (χ3n) is 5.12. The SMILES string of the molecule is O=Cc1[nH]c2ccccc2c1N(C(=O)CN1CCCCC1)c1ccccc1. The third kappa shape index (κ3) is 3.51. The molecular weight excluding hydrogens is 338 g/mol. The number of para-hydroxylation sites is 2. The molecule has 0 radical (unpaired) electrons. The number of carbonyl (C=O) groups excluding carboxylic acids is 2. The van der Waals surface area contributed by atoms with Gasteiger partial charge in [-0.1, -0.05) is 42.8 Å². The molecule has 1 aromatic heterocycles. The zero-order valence-electron chi connectivity index (χ0n) is 15.2. The fourth-order valence-corrected chi connectivity index (χ4v) is 3.83. The Morgan fingerprint density at radius 2 is 1.70 bits per heavy atom. The van der Waals surface area contributed by atoms with E-state index in [0.717, 1.165) is 48.8 Å². The van der Waals surface area contributed by atoms with Crippen LogP contribution in [0.3, 0.4) is 0 Å². The van der Waals surface area contributed by atoms with Gasteiger partial charge in [-0.05, 0) is 44.1 Å². The van der Waals surface area contributed by atoms with Crippen LogP contribution in [-0.2, 0) is 4.79 Å². The smallest absolute Gasteiger partial charge is 0.245 e. The minimum Gasteiger partial charge on any atom is -0.351 e. The fourth-order valence-electron chi connectivity index (χ4n) is 3.83. The number of hydrogen-bond acceptors (Lipinski definition) is 3. The van der Waals surface area contributed by atoms with E-state index in [4.69, 9.17) is 0 Å². The highest BCUT2D eigenvalue weighted by atomic mass is 16.2. The van der Waals surface area contributed by atoms with Gasteiger partial charge in [-0.25, -0.2) is 0 Å². The quantitative estimate of drug-likeness (QED) is 0.695. The Balaban J connectivity index is 1.79. The van der Waals surface area contributed by atoms with Gasteiger partial charge in [0.15, 0.2) is 6.29 Å². The average molecular weight is 361 g/mol. The van der Waals surface area contributed by atoms with Gasteiger partial charge in [0.05, 0.1) is 12.2 Å². The lowest BCUT2D eigenvalue weighted by Gasteiger charge is -2.29. The number of fused-ring (bicyclic) bond motifs is 1. The monoisotopic (exact) mass is 361 g/mol. The summed E-state index contributed by atoms with van der Waals surface area (Å²) in [7, 11) is 0. The van der Waals surface area contributed by atoms with Crippen molar-refractivity contribution >= 4 is 34.5 Å². The van der Waals surface area contributed by atoms with Crippen LogP contribution >= 0.6 is 0 Å². The molecule has 5 heteroatoms. The van der Waals surface area contributed by atoms with E-state index < -0.39 is 0 Å². The summed E-state index contributed by atoms with van der Waals surface area (Å²) >= 11 is 0. The number of amides is 1. The molecule has 1 aliphatic rings. The molecule has 2 aromatic carbocycles. The maximum absolute atomic E-state index is 13.4. The molecule has 2 heterocycles. The first-order chi connectivity index (χ1) is 13.3. The van der Waals surface area contributed by atoms with E-state index in [2.05, 4.69) is 9.88 Å². The first-order valence-electron chi connectivity index (χ1n) is 9.44. The van der Waals surface area contributed by atoms with Gasteiger partial charge in [0.1, 0.15) is 5.69 Å². The predicted molar refractivity (Wildman–Crippen MR) is 108 cm³/mol. The second-order valence-electron chi connectivity index (χ2n) is 6.95. The van der Waals surface area contributed by atoms with Gasteiger partial charge in [0, 0.05) is 16.6 Å². The molecule has 5 nitrogen and oxygen atoms in total. The van der Waals surface area contributed by atoms with Crippen LogP contribution in [0, 0.1) is 0 Å². The molecule has 0 atom stereocenters. The molecule has 0 spiro atoms. The van der Waals surface area contributed by atoms with Crippen molar-refractivity contribution in [2.75, 3.05) is 24.5 Å². The Morgan fingerprint density at radius 3 is 2.44 bits per heavy atom. The normalized spacial score (nSPS) is 15.0. The fraction of sp³-hybridized carbons (Fsp3) is 0.273. The maximum Gasteiger partial charge on any atom is 0.245 e. The standard InChI is InChI=1S/C22H23N3O2/c26-16-20-22(18-11-5-6-12-19(18)23-20)25(17-9-3-1-4-10-17)21(27)15-24-13-7-2-8-14-24/h1,3-6,9-12,16,23H,2,7-8,13-15H2. The Kier molecular flexibility index (Phi) is 5.03. The highest BCUT2D eigenvalue weighted by Crippen LogP contribution is 2.35. The molecule has 1 aliphatic heterocycles. The van der Waals surface area contributed by atoms with Crippen molar-refractivity contribution in [3.8, 4) is 0 Å². The number of anilines is 2. The Bertz CT molecular complexity index is 943. The minimum absolute atomic E-state index is 0.0176. The number of aromatic nitrogens is 1. The van der Waals surface area contributed by atoms with Gasteiger partial charge < -0.3 is 4.98 Å². The first-order valence-corrected chi connectivity index (χ1v) is 9.44. The van der Waals surface area contributed by atoms with Crippen LogP contribution in [0.4, 0.5) is 11.4 Å². The minimum atomic E-state index is -0.0176. The van der Waals surface area contributed by atoms with Crippen LogP contribution in [0.2, 0.25) is 0 Å². The number of hydrogen-bond donors (Lipinski definition) is 1. The summed E-state index contributed by atoms with van der Waals surface area (Å²) in [6, 6.07) is 17.3. The van der Waals surface area contributed by atoms with Crippen LogP contribution < -0.4 is 4.90 Å². The van der Waals surface area contributed by atoms with Crippen molar-refractivity contribution in [3.05, 3.63) is 60.3 Å². The van der Waals surface area contributed by atoms with Crippen molar-refractivity contribution < 1.29 is 9.59 Å². The zero-order valence-corrected chi connectivity index (χ0v) is 15.2. The van der Waals surface area contributed by atoms with E-state index in [1.165, 1.54) is 6.42 Å². The number of H-pyrrole nitrogens is 1. The number of benzene rings is 2. The van der Waals surface area contributed by atoms with Crippen LogP contribution in [0.1, 0.15) is 29.8 Å². The lowest BCUT2D eigenvalue weighted by molar-refractivity contribution is -0.119. The number of aldehydes is 1. The molecule has 27 heavy (non-hydrogen) atoms. The van der Waals surface area contributed by atoms with Crippen LogP contribution in [0.15, 0.2) is 54.6 Å². The third-order valence-corrected chi connectivity index (χ3v) is 5.12. The summed E-state index contributed by atoms with van der Waals surface area (Å²) < 4.78 is 0. The molecule has 1 saturated heterocycles. The number of nitrogens with one attached hydrogen (secondary N) is 1. The topological polar surface area (TPSA) is 56.4 Å². The number of aromatic amines is 1. The lowest BCUT2D eigenvalue weighted by atomic mass is 10.1. The summed E-state index contributed by atoms with van der Waals surface area (Å²) in [6.07, 6.45) is 4.28. The molecule has 0 bridgehead atoms. The predicted octanol–water partition coefficient (Wildman–Crippen LogP) is 4.13. The van der Waals surface area contributed by atoms with Gasteiger partial charge in [-0.3, -0.25) is 19.4 Å². The first kappa shape index (κ1) is 17.5. The molecule has 0 saturated carbocycles.